The normalized spacial score (nSPS) is 15.8. The summed E-state index contributed by atoms with van der Waals surface area (Å²) in [7, 11) is 0. The van der Waals surface area contributed by atoms with E-state index in [2.05, 4.69) is 19.9 Å². The number of aliphatic imine (C=N–C) groups is 1. The SMILES string of the molecule is O=C1CSC(Cc2nc3ncccc3[nH]2)=N1. The van der Waals surface area contributed by atoms with Crippen molar-refractivity contribution in [3.63, 3.8) is 0 Å². The number of thioether (sulfide) groups is 1. The van der Waals surface area contributed by atoms with Crippen LogP contribution in [0.4, 0.5) is 0 Å². The average molecular weight is 232 g/mol. The van der Waals surface area contributed by atoms with Crippen molar-refractivity contribution in [3.05, 3.63) is 24.2 Å². The zero-order valence-electron chi connectivity index (χ0n) is 8.30. The van der Waals surface area contributed by atoms with Crippen LogP contribution in [-0.2, 0) is 11.2 Å². The number of amides is 1. The van der Waals surface area contributed by atoms with Crippen molar-refractivity contribution in [2.75, 3.05) is 5.75 Å². The predicted molar refractivity (Wildman–Crippen MR) is 62.5 cm³/mol. The second kappa shape index (κ2) is 3.71. The Kier molecular flexibility index (Phi) is 2.21. The number of imidazole rings is 1. The first-order chi connectivity index (χ1) is 7.81. The first-order valence-corrected chi connectivity index (χ1v) is 5.82. The maximum absolute atomic E-state index is 11.0. The van der Waals surface area contributed by atoms with Gasteiger partial charge in [0.2, 0.25) is 0 Å². The lowest BCUT2D eigenvalue weighted by Crippen LogP contribution is -1.97. The smallest absolute Gasteiger partial charge is 0.256 e. The lowest BCUT2D eigenvalue weighted by atomic mass is 10.4. The Balaban J connectivity index is 1.90. The van der Waals surface area contributed by atoms with Crippen molar-refractivity contribution in [1.82, 2.24) is 15.0 Å². The van der Waals surface area contributed by atoms with Crippen LogP contribution in [0.1, 0.15) is 5.82 Å². The van der Waals surface area contributed by atoms with E-state index in [9.17, 15) is 4.79 Å². The highest BCUT2D eigenvalue weighted by Gasteiger charge is 2.16. The molecule has 1 aliphatic rings. The number of hydrogen-bond acceptors (Lipinski definition) is 4. The summed E-state index contributed by atoms with van der Waals surface area (Å²) < 4.78 is 0. The van der Waals surface area contributed by atoms with Gasteiger partial charge in [-0.2, -0.15) is 0 Å². The predicted octanol–water partition coefficient (Wildman–Crippen LogP) is 1.17. The molecule has 0 radical (unpaired) electrons. The molecular weight excluding hydrogens is 224 g/mol. The summed E-state index contributed by atoms with van der Waals surface area (Å²) >= 11 is 1.48. The van der Waals surface area contributed by atoms with Crippen LogP contribution in [0, 0.1) is 0 Å². The van der Waals surface area contributed by atoms with E-state index in [-0.39, 0.29) is 5.91 Å². The highest BCUT2D eigenvalue weighted by Crippen LogP contribution is 2.17. The van der Waals surface area contributed by atoms with Gasteiger partial charge in [0, 0.05) is 6.20 Å². The van der Waals surface area contributed by atoms with E-state index in [4.69, 9.17) is 0 Å². The van der Waals surface area contributed by atoms with Crippen LogP contribution in [0.5, 0.6) is 0 Å². The Morgan fingerprint density at radius 2 is 2.44 bits per heavy atom. The number of hydrogen-bond donors (Lipinski definition) is 1. The molecule has 1 aliphatic heterocycles. The third kappa shape index (κ3) is 1.71. The van der Waals surface area contributed by atoms with Gasteiger partial charge < -0.3 is 4.98 Å². The molecule has 0 atom stereocenters. The van der Waals surface area contributed by atoms with Crippen molar-refractivity contribution in [2.24, 2.45) is 4.99 Å². The molecule has 3 rings (SSSR count). The van der Waals surface area contributed by atoms with E-state index < -0.39 is 0 Å². The fourth-order valence-corrected chi connectivity index (χ4v) is 2.32. The van der Waals surface area contributed by atoms with Crippen LogP contribution in [0.25, 0.3) is 11.2 Å². The summed E-state index contributed by atoms with van der Waals surface area (Å²) in [6, 6.07) is 3.78. The minimum Gasteiger partial charge on any atom is -0.340 e. The summed E-state index contributed by atoms with van der Waals surface area (Å²) in [6.45, 7) is 0. The van der Waals surface area contributed by atoms with Crippen molar-refractivity contribution in [3.8, 4) is 0 Å². The van der Waals surface area contributed by atoms with Crippen LogP contribution in [0.15, 0.2) is 23.3 Å². The van der Waals surface area contributed by atoms with Crippen molar-refractivity contribution in [1.29, 1.82) is 0 Å². The summed E-state index contributed by atoms with van der Waals surface area (Å²) in [5.74, 6) is 1.19. The molecule has 16 heavy (non-hydrogen) atoms. The monoisotopic (exact) mass is 232 g/mol. The van der Waals surface area contributed by atoms with Crippen molar-refractivity contribution in [2.45, 2.75) is 6.42 Å². The second-order valence-electron chi connectivity index (χ2n) is 3.42. The lowest BCUT2D eigenvalue weighted by Gasteiger charge is -1.92. The van der Waals surface area contributed by atoms with Gasteiger partial charge in [-0.25, -0.2) is 15.0 Å². The number of pyridine rings is 1. The molecule has 80 valence electrons. The lowest BCUT2D eigenvalue weighted by molar-refractivity contribution is -0.115. The molecule has 2 aromatic rings. The van der Waals surface area contributed by atoms with Crippen LogP contribution in [0.3, 0.4) is 0 Å². The minimum absolute atomic E-state index is 0.0609. The van der Waals surface area contributed by atoms with Gasteiger partial charge in [-0.15, -0.1) is 11.8 Å². The zero-order chi connectivity index (χ0) is 11.0. The van der Waals surface area contributed by atoms with Gasteiger partial charge in [-0.05, 0) is 12.1 Å². The van der Waals surface area contributed by atoms with Gasteiger partial charge in [-0.3, -0.25) is 4.79 Å². The Bertz CT molecular complexity index is 556. The Labute approximate surface area is 95.4 Å². The molecule has 1 N–H and O–H groups in total. The van der Waals surface area contributed by atoms with Crippen LogP contribution >= 0.6 is 11.8 Å². The average Bonchev–Trinajstić information content (AvgIpc) is 2.84. The first-order valence-electron chi connectivity index (χ1n) is 4.84. The van der Waals surface area contributed by atoms with E-state index >= 15 is 0 Å². The number of nitrogens with one attached hydrogen (secondary N) is 1. The van der Waals surface area contributed by atoms with Crippen LogP contribution < -0.4 is 0 Å². The van der Waals surface area contributed by atoms with Crippen LogP contribution in [0.2, 0.25) is 0 Å². The molecule has 0 saturated carbocycles. The number of H-pyrrole nitrogens is 1. The van der Waals surface area contributed by atoms with E-state index in [1.165, 1.54) is 11.8 Å². The Hall–Kier alpha value is -1.69. The van der Waals surface area contributed by atoms with Crippen molar-refractivity contribution >= 4 is 33.9 Å². The molecule has 2 aromatic heterocycles. The van der Waals surface area contributed by atoms with Crippen LogP contribution in [-0.4, -0.2) is 31.7 Å². The van der Waals surface area contributed by atoms with E-state index in [0.717, 1.165) is 16.4 Å². The molecule has 0 spiro atoms. The highest BCUT2D eigenvalue weighted by atomic mass is 32.2. The standard InChI is InChI=1S/C10H8N4OS/c15-8-5-16-9(14-8)4-7-12-6-2-1-3-11-10(6)13-7/h1-3H,4-5H2,(H,11,12,13). The van der Waals surface area contributed by atoms with Gasteiger partial charge >= 0.3 is 0 Å². The van der Waals surface area contributed by atoms with Gasteiger partial charge in [0.15, 0.2) is 5.65 Å². The molecule has 1 amide bonds. The number of fused-ring (bicyclic) bond motifs is 1. The third-order valence-electron chi connectivity index (χ3n) is 2.24. The van der Waals surface area contributed by atoms with Gasteiger partial charge in [0.1, 0.15) is 5.82 Å². The van der Waals surface area contributed by atoms with E-state index in [0.29, 0.717) is 17.8 Å². The van der Waals surface area contributed by atoms with Gasteiger partial charge in [0.05, 0.1) is 22.7 Å². The Morgan fingerprint density at radius 1 is 1.50 bits per heavy atom. The second-order valence-corrected chi connectivity index (χ2v) is 4.47. The zero-order valence-corrected chi connectivity index (χ0v) is 9.12. The highest BCUT2D eigenvalue weighted by molar-refractivity contribution is 8.15. The summed E-state index contributed by atoms with van der Waals surface area (Å²) in [4.78, 5) is 26.5. The maximum atomic E-state index is 11.0. The van der Waals surface area contributed by atoms with Gasteiger partial charge in [0.25, 0.3) is 5.91 Å². The number of carbonyl (C=O) groups excluding carboxylic acids is 1. The molecule has 0 aromatic carbocycles. The molecule has 3 heterocycles. The molecule has 0 saturated heterocycles. The Morgan fingerprint density at radius 3 is 3.19 bits per heavy atom. The summed E-state index contributed by atoms with van der Waals surface area (Å²) in [6.07, 6.45) is 2.28. The molecule has 0 unspecified atom stereocenters. The number of aromatic amines is 1. The first kappa shape index (κ1) is 9.53. The molecule has 0 aliphatic carbocycles. The summed E-state index contributed by atoms with van der Waals surface area (Å²) in [5, 5.41) is 0.823. The summed E-state index contributed by atoms with van der Waals surface area (Å²) in [5.41, 5.74) is 1.61. The molecular formula is C10H8N4OS. The van der Waals surface area contributed by atoms with Gasteiger partial charge in [-0.1, -0.05) is 0 Å². The number of aromatic nitrogens is 3. The third-order valence-corrected chi connectivity index (χ3v) is 3.20. The molecule has 5 nitrogen and oxygen atoms in total. The van der Waals surface area contributed by atoms with E-state index in [1.54, 1.807) is 6.20 Å². The van der Waals surface area contributed by atoms with Crippen molar-refractivity contribution < 1.29 is 4.79 Å². The number of nitrogens with zero attached hydrogens (tertiary/aromatic N) is 3. The minimum atomic E-state index is -0.0609. The topological polar surface area (TPSA) is 71.0 Å². The van der Waals surface area contributed by atoms with E-state index in [1.807, 2.05) is 12.1 Å². The molecule has 0 fully saturated rings. The quantitative estimate of drug-likeness (QED) is 0.843. The molecule has 0 bridgehead atoms. The number of rotatable bonds is 2. The maximum Gasteiger partial charge on any atom is 0.256 e. The number of carbonyl (C=O) groups is 1. The fourth-order valence-electron chi connectivity index (χ4n) is 1.56. The largest absolute Gasteiger partial charge is 0.340 e. The fraction of sp³-hybridized carbons (Fsp3) is 0.200. The molecule has 6 heteroatoms.